The van der Waals surface area contributed by atoms with Crippen LogP contribution in [0.3, 0.4) is 0 Å². The van der Waals surface area contributed by atoms with Crippen LogP contribution < -0.4 is 5.32 Å². The summed E-state index contributed by atoms with van der Waals surface area (Å²) in [7, 11) is 2.12. The first-order valence-corrected chi connectivity index (χ1v) is 6.61. The second-order valence-corrected chi connectivity index (χ2v) is 5.55. The first-order valence-electron chi connectivity index (χ1n) is 6.61. The molecule has 0 aromatic rings. The number of rotatable bonds is 5. The highest BCUT2D eigenvalue weighted by molar-refractivity contribution is 5.78. The lowest BCUT2D eigenvalue weighted by Gasteiger charge is -2.30. The number of carbonyl (C=O) groups excluding carboxylic acids is 1. The van der Waals surface area contributed by atoms with Gasteiger partial charge < -0.3 is 15.3 Å². The molecule has 2 atom stereocenters. The highest BCUT2D eigenvalue weighted by Crippen LogP contribution is 2.15. The van der Waals surface area contributed by atoms with Crippen molar-refractivity contribution in [2.75, 3.05) is 33.3 Å². The van der Waals surface area contributed by atoms with Gasteiger partial charge in [0.15, 0.2) is 0 Å². The number of piperidine rings is 1. The van der Waals surface area contributed by atoms with Gasteiger partial charge in [0.25, 0.3) is 0 Å². The van der Waals surface area contributed by atoms with E-state index >= 15 is 0 Å². The van der Waals surface area contributed by atoms with Gasteiger partial charge in [-0.2, -0.15) is 0 Å². The molecule has 0 saturated carbocycles. The molecule has 0 radical (unpaired) electrons. The van der Waals surface area contributed by atoms with E-state index in [-0.39, 0.29) is 24.3 Å². The van der Waals surface area contributed by atoms with Gasteiger partial charge in [0.1, 0.15) is 0 Å². The van der Waals surface area contributed by atoms with E-state index in [0.29, 0.717) is 5.92 Å². The number of aliphatic hydroxyl groups is 1. The van der Waals surface area contributed by atoms with E-state index in [4.69, 9.17) is 0 Å². The van der Waals surface area contributed by atoms with Gasteiger partial charge >= 0.3 is 0 Å². The predicted molar refractivity (Wildman–Crippen MR) is 68.6 cm³/mol. The summed E-state index contributed by atoms with van der Waals surface area (Å²) in [5.41, 5.74) is 0. The summed E-state index contributed by atoms with van der Waals surface area (Å²) in [5, 5.41) is 12.2. The van der Waals surface area contributed by atoms with Gasteiger partial charge in [0, 0.05) is 13.1 Å². The van der Waals surface area contributed by atoms with Crippen LogP contribution in [0.25, 0.3) is 0 Å². The molecule has 4 nitrogen and oxygen atoms in total. The Kier molecular flexibility index (Phi) is 5.92. The zero-order valence-electron chi connectivity index (χ0n) is 11.3. The molecule has 1 saturated heterocycles. The molecular formula is C13H26N2O2. The fourth-order valence-corrected chi connectivity index (χ4v) is 2.41. The minimum Gasteiger partial charge on any atom is -0.396 e. The lowest BCUT2D eigenvalue weighted by Crippen LogP contribution is -2.42. The van der Waals surface area contributed by atoms with Gasteiger partial charge in [-0.3, -0.25) is 4.79 Å². The molecule has 1 heterocycles. The van der Waals surface area contributed by atoms with Crippen molar-refractivity contribution in [2.24, 2.45) is 17.8 Å². The molecular weight excluding hydrogens is 216 g/mol. The minimum atomic E-state index is -0.267. The van der Waals surface area contributed by atoms with Crippen LogP contribution in [0.15, 0.2) is 0 Å². The predicted octanol–water partition coefficient (Wildman–Crippen LogP) is 0.709. The molecule has 0 bridgehead atoms. The lowest BCUT2D eigenvalue weighted by molar-refractivity contribution is -0.127. The van der Waals surface area contributed by atoms with Gasteiger partial charge in [-0.15, -0.1) is 0 Å². The van der Waals surface area contributed by atoms with Gasteiger partial charge in [-0.25, -0.2) is 0 Å². The van der Waals surface area contributed by atoms with Crippen molar-refractivity contribution < 1.29 is 9.90 Å². The summed E-state index contributed by atoms with van der Waals surface area (Å²) in [6.45, 7) is 6.84. The smallest absolute Gasteiger partial charge is 0.225 e. The fraction of sp³-hybridized carbons (Fsp3) is 0.923. The summed E-state index contributed by atoms with van der Waals surface area (Å²) in [6, 6.07) is 0. The third-order valence-corrected chi connectivity index (χ3v) is 3.63. The Hall–Kier alpha value is -0.610. The van der Waals surface area contributed by atoms with E-state index in [9.17, 15) is 9.90 Å². The molecule has 2 unspecified atom stereocenters. The van der Waals surface area contributed by atoms with E-state index in [1.807, 2.05) is 13.8 Å². The van der Waals surface area contributed by atoms with Gasteiger partial charge in [-0.1, -0.05) is 13.8 Å². The highest BCUT2D eigenvalue weighted by Gasteiger charge is 2.23. The maximum atomic E-state index is 11.9. The molecule has 17 heavy (non-hydrogen) atoms. The van der Waals surface area contributed by atoms with E-state index in [0.717, 1.165) is 19.6 Å². The number of nitrogens with one attached hydrogen (secondary N) is 1. The molecule has 1 fully saturated rings. The summed E-state index contributed by atoms with van der Waals surface area (Å²) in [6.07, 6.45) is 2.40. The summed E-state index contributed by atoms with van der Waals surface area (Å²) in [5.74, 6) is 0.477. The first kappa shape index (κ1) is 14.5. The molecule has 1 aliphatic heterocycles. The van der Waals surface area contributed by atoms with Crippen LogP contribution >= 0.6 is 0 Å². The van der Waals surface area contributed by atoms with Crippen molar-refractivity contribution in [2.45, 2.75) is 26.7 Å². The van der Waals surface area contributed by atoms with Crippen molar-refractivity contribution >= 4 is 5.91 Å². The summed E-state index contributed by atoms with van der Waals surface area (Å²) in [4.78, 5) is 14.2. The maximum absolute atomic E-state index is 11.9. The van der Waals surface area contributed by atoms with Crippen molar-refractivity contribution in [3.05, 3.63) is 0 Å². The molecule has 0 aromatic heterocycles. The van der Waals surface area contributed by atoms with E-state index in [2.05, 4.69) is 17.3 Å². The van der Waals surface area contributed by atoms with Crippen LogP contribution in [-0.4, -0.2) is 49.2 Å². The summed E-state index contributed by atoms with van der Waals surface area (Å²) < 4.78 is 0. The fourth-order valence-electron chi connectivity index (χ4n) is 2.41. The van der Waals surface area contributed by atoms with E-state index < -0.39 is 0 Å². The Morgan fingerprint density at radius 1 is 1.53 bits per heavy atom. The Morgan fingerprint density at radius 2 is 2.24 bits per heavy atom. The van der Waals surface area contributed by atoms with E-state index in [1.54, 1.807) is 0 Å². The monoisotopic (exact) mass is 242 g/mol. The number of likely N-dealkylation sites (tertiary alicyclic amines) is 1. The zero-order valence-corrected chi connectivity index (χ0v) is 11.3. The number of hydrogen-bond acceptors (Lipinski definition) is 3. The van der Waals surface area contributed by atoms with Crippen molar-refractivity contribution in [1.29, 1.82) is 0 Å². The topological polar surface area (TPSA) is 52.6 Å². The van der Waals surface area contributed by atoms with Crippen LogP contribution in [0.1, 0.15) is 26.7 Å². The largest absolute Gasteiger partial charge is 0.396 e. The standard InChI is InChI=1S/C13H26N2O2/c1-10(2)12(9-16)13(17)14-7-11-5-4-6-15(3)8-11/h10-12,16H,4-9H2,1-3H3,(H,14,17). The van der Waals surface area contributed by atoms with Crippen molar-refractivity contribution in [3.8, 4) is 0 Å². The van der Waals surface area contributed by atoms with Crippen LogP contribution in [-0.2, 0) is 4.79 Å². The van der Waals surface area contributed by atoms with Crippen LogP contribution in [0.2, 0.25) is 0 Å². The number of nitrogens with zero attached hydrogens (tertiary/aromatic N) is 1. The minimum absolute atomic E-state index is 0.00396. The van der Waals surface area contributed by atoms with Crippen molar-refractivity contribution in [1.82, 2.24) is 10.2 Å². The normalized spacial score (nSPS) is 23.7. The second-order valence-electron chi connectivity index (χ2n) is 5.55. The molecule has 4 heteroatoms. The van der Waals surface area contributed by atoms with Gasteiger partial charge in [-0.05, 0) is 38.3 Å². The first-order chi connectivity index (χ1) is 8.04. The SMILES string of the molecule is CC(C)C(CO)C(=O)NCC1CCCN(C)C1. The molecule has 2 N–H and O–H groups in total. The van der Waals surface area contributed by atoms with Crippen LogP contribution in [0, 0.1) is 17.8 Å². The van der Waals surface area contributed by atoms with Crippen LogP contribution in [0.5, 0.6) is 0 Å². The number of amides is 1. The molecule has 100 valence electrons. The zero-order chi connectivity index (χ0) is 12.8. The Balaban J connectivity index is 2.31. The van der Waals surface area contributed by atoms with Crippen LogP contribution in [0.4, 0.5) is 0 Å². The molecule has 1 amide bonds. The Labute approximate surface area is 104 Å². The maximum Gasteiger partial charge on any atom is 0.225 e. The molecule has 1 aliphatic rings. The highest BCUT2D eigenvalue weighted by atomic mass is 16.3. The second kappa shape index (κ2) is 6.97. The quantitative estimate of drug-likeness (QED) is 0.746. The number of carbonyl (C=O) groups is 1. The molecule has 0 spiro atoms. The number of hydrogen-bond donors (Lipinski definition) is 2. The average molecular weight is 242 g/mol. The third kappa shape index (κ3) is 4.64. The average Bonchev–Trinajstić information content (AvgIpc) is 2.27. The van der Waals surface area contributed by atoms with Gasteiger partial charge in [0.05, 0.1) is 12.5 Å². The third-order valence-electron chi connectivity index (χ3n) is 3.63. The van der Waals surface area contributed by atoms with E-state index in [1.165, 1.54) is 12.8 Å². The molecule has 1 rings (SSSR count). The Morgan fingerprint density at radius 3 is 2.76 bits per heavy atom. The Bertz CT molecular complexity index is 244. The van der Waals surface area contributed by atoms with Gasteiger partial charge in [0.2, 0.25) is 5.91 Å². The summed E-state index contributed by atoms with van der Waals surface area (Å²) >= 11 is 0. The molecule has 0 aliphatic carbocycles. The lowest BCUT2D eigenvalue weighted by atomic mass is 9.94. The van der Waals surface area contributed by atoms with Crippen molar-refractivity contribution in [3.63, 3.8) is 0 Å². The number of aliphatic hydroxyl groups excluding tert-OH is 1. The molecule has 0 aromatic carbocycles.